The molecule has 1 heterocycles. The molecule has 0 amide bonds. The van der Waals surface area contributed by atoms with E-state index in [0.29, 0.717) is 5.02 Å². The van der Waals surface area contributed by atoms with Crippen LogP contribution in [0.3, 0.4) is 0 Å². The van der Waals surface area contributed by atoms with Gasteiger partial charge in [-0.1, -0.05) is 47.0 Å². The summed E-state index contributed by atoms with van der Waals surface area (Å²) in [6, 6.07) is 14.0. The summed E-state index contributed by atoms with van der Waals surface area (Å²) in [6.07, 6.45) is 0. The highest BCUT2D eigenvalue weighted by Crippen LogP contribution is 2.22. The fraction of sp³-hybridized carbons (Fsp3) is 0.316. The maximum absolute atomic E-state index is 6.28. The zero-order chi connectivity index (χ0) is 17.8. The Balaban J connectivity index is 1.51. The zero-order valence-corrected chi connectivity index (χ0v) is 16.5. The van der Waals surface area contributed by atoms with Gasteiger partial charge in [-0.25, -0.2) is 0 Å². The molecule has 2 aromatic rings. The lowest BCUT2D eigenvalue weighted by atomic mass is 10.2. The van der Waals surface area contributed by atoms with Gasteiger partial charge in [-0.05, 0) is 49.0 Å². The van der Waals surface area contributed by atoms with Crippen molar-refractivity contribution in [3.8, 4) is 0 Å². The second-order valence-electron chi connectivity index (χ2n) is 6.30. The Morgan fingerprint density at radius 2 is 1.72 bits per heavy atom. The van der Waals surface area contributed by atoms with Gasteiger partial charge in [0.25, 0.3) is 0 Å². The van der Waals surface area contributed by atoms with Gasteiger partial charge in [0.15, 0.2) is 5.11 Å². The molecule has 1 aliphatic heterocycles. The third kappa shape index (κ3) is 5.08. The number of anilines is 1. The van der Waals surface area contributed by atoms with Gasteiger partial charge < -0.3 is 10.2 Å². The van der Waals surface area contributed by atoms with E-state index in [9.17, 15) is 0 Å². The number of hydrogen-bond acceptors (Lipinski definition) is 2. The first kappa shape index (κ1) is 18.5. The first-order chi connectivity index (χ1) is 12.0. The number of rotatable bonds is 3. The van der Waals surface area contributed by atoms with Gasteiger partial charge in [0.2, 0.25) is 0 Å². The minimum Gasteiger partial charge on any atom is -0.346 e. The molecule has 0 unspecified atom stereocenters. The summed E-state index contributed by atoms with van der Waals surface area (Å²) >= 11 is 17.8. The number of aryl methyl sites for hydroxylation is 1. The van der Waals surface area contributed by atoms with E-state index in [1.54, 1.807) is 6.07 Å². The van der Waals surface area contributed by atoms with Crippen LogP contribution in [0.15, 0.2) is 42.5 Å². The van der Waals surface area contributed by atoms with Crippen LogP contribution in [0.25, 0.3) is 0 Å². The quantitative estimate of drug-likeness (QED) is 0.753. The molecule has 132 valence electrons. The van der Waals surface area contributed by atoms with E-state index in [0.717, 1.165) is 54.1 Å². The maximum atomic E-state index is 6.28. The molecule has 3 rings (SSSR count). The van der Waals surface area contributed by atoms with Gasteiger partial charge in [-0.15, -0.1) is 0 Å². The first-order valence-electron chi connectivity index (χ1n) is 8.30. The number of halogens is 2. The van der Waals surface area contributed by atoms with Crippen LogP contribution in [0.4, 0.5) is 5.69 Å². The van der Waals surface area contributed by atoms with Gasteiger partial charge in [-0.2, -0.15) is 0 Å². The second kappa shape index (κ2) is 8.37. The van der Waals surface area contributed by atoms with Gasteiger partial charge in [0.05, 0.1) is 0 Å². The predicted molar refractivity (Wildman–Crippen MR) is 111 cm³/mol. The molecule has 25 heavy (non-hydrogen) atoms. The number of benzene rings is 2. The largest absolute Gasteiger partial charge is 0.346 e. The van der Waals surface area contributed by atoms with Crippen molar-refractivity contribution in [2.45, 2.75) is 13.5 Å². The minimum atomic E-state index is 0.672. The Kier molecular flexibility index (Phi) is 6.18. The monoisotopic (exact) mass is 393 g/mol. The molecule has 1 aliphatic rings. The lowest BCUT2D eigenvalue weighted by Crippen LogP contribution is -2.49. The Morgan fingerprint density at radius 1 is 1.04 bits per heavy atom. The van der Waals surface area contributed by atoms with E-state index in [1.807, 2.05) is 12.1 Å². The predicted octanol–water partition coefficient (Wildman–Crippen LogP) is 4.82. The van der Waals surface area contributed by atoms with E-state index < -0.39 is 0 Å². The topological polar surface area (TPSA) is 18.5 Å². The molecule has 0 saturated carbocycles. The van der Waals surface area contributed by atoms with Crippen LogP contribution < -0.4 is 5.32 Å². The van der Waals surface area contributed by atoms with Gasteiger partial charge in [-0.3, -0.25) is 4.90 Å². The van der Waals surface area contributed by atoms with Crippen molar-refractivity contribution in [1.82, 2.24) is 9.80 Å². The fourth-order valence-corrected chi connectivity index (χ4v) is 3.61. The van der Waals surface area contributed by atoms with Crippen molar-refractivity contribution in [3.63, 3.8) is 0 Å². The molecule has 0 spiro atoms. The maximum Gasteiger partial charge on any atom is 0.173 e. The molecule has 2 aromatic carbocycles. The van der Waals surface area contributed by atoms with Crippen molar-refractivity contribution in [1.29, 1.82) is 0 Å². The van der Waals surface area contributed by atoms with Crippen LogP contribution in [0.1, 0.15) is 11.1 Å². The fourth-order valence-electron chi connectivity index (χ4n) is 2.84. The molecule has 6 heteroatoms. The summed E-state index contributed by atoms with van der Waals surface area (Å²) in [4.78, 5) is 4.61. The lowest BCUT2D eigenvalue weighted by Gasteiger charge is -2.36. The summed E-state index contributed by atoms with van der Waals surface area (Å²) < 4.78 is 0. The molecule has 0 aliphatic carbocycles. The van der Waals surface area contributed by atoms with Gasteiger partial charge in [0, 0.05) is 48.5 Å². The van der Waals surface area contributed by atoms with Crippen molar-refractivity contribution in [3.05, 3.63) is 63.6 Å². The minimum absolute atomic E-state index is 0.672. The zero-order valence-electron chi connectivity index (χ0n) is 14.1. The lowest BCUT2D eigenvalue weighted by molar-refractivity contribution is 0.177. The number of hydrogen-bond donors (Lipinski definition) is 1. The van der Waals surface area contributed by atoms with Crippen LogP contribution >= 0.6 is 35.4 Å². The molecule has 1 saturated heterocycles. The Hall–Kier alpha value is -1.33. The first-order valence-corrected chi connectivity index (χ1v) is 9.46. The van der Waals surface area contributed by atoms with Gasteiger partial charge >= 0.3 is 0 Å². The molecule has 3 nitrogen and oxygen atoms in total. The van der Waals surface area contributed by atoms with Crippen LogP contribution in [-0.4, -0.2) is 41.1 Å². The second-order valence-corrected chi connectivity index (χ2v) is 7.53. The van der Waals surface area contributed by atoms with Crippen molar-refractivity contribution < 1.29 is 0 Å². The average molecular weight is 394 g/mol. The van der Waals surface area contributed by atoms with E-state index in [1.165, 1.54) is 5.56 Å². The van der Waals surface area contributed by atoms with Crippen molar-refractivity contribution >= 4 is 46.2 Å². The van der Waals surface area contributed by atoms with Crippen LogP contribution in [-0.2, 0) is 6.54 Å². The van der Waals surface area contributed by atoms with E-state index >= 15 is 0 Å². The summed E-state index contributed by atoms with van der Waals surface area (Å²) in [6.45, 7) is 6.63. The Morgan fingerprint density at radius 3 is 2.36 bits per heavy atom. The number of nitrogens with zero attached hydrogens (tertiary/aromatic N) is 2. The SMILES string of the molecule is Cc1ccc(NC(=S)N2CCN(Cc3ccc(Cl)cc3Cl)CC2)cc1. The average Bonchev–Trinajstić information content (AvgIpc) is 2.60. The number of thiocarbonyl (C=S) groups is 1. The summed E-state index contributed by atoms with van der Waals surface area (Å²) in [5, 5.41) is 5.51. The van der Waals surface area contributed by atoms with E-state index in [-0.39, 0.29) is 0 Å². The summed E-state index contributed by atoms with van der Waals surface area (Å²) in [5.74, 6) is 0. The molecular weight excluding hydrogens is 373 g/mol. The number of nitrogens with one attached hydrogen (secondary N) is 1. The molecule has 0 bridgehead atoms. The van der Waals surface area contributed by atoms with E-state index in [4.69, 9.17) is 35.4 Å². The highest BCUT2D eigenvalue weighted by atomic mass is 35.5. The highest BCUT2D eigenvalue weighted by Gasteiger charge is 2.19. The summed E-state index contributed by atoms with van der Waals surface area (Å²) in [7, 11) is 0. The normalized spacial score (nSPS) is 15.2. The van der Waals surface area contributed by atoms with E-state index in [2.05, 4.69) is 46.3 Å². The van der Waals surface area contributed by atoms with Crippen molar-refractivity contribution in [2.75, 3.05) is 31.5 Å². The molecule has 0 radical (unpaired) electrons. The summed E-state index contributed by atoms with van der Waals surface area (Å²) in [5.41, 5.74) is 3.39. The third-order valence-corrected chi connectivity index (χ3v) is 5.32. The molecule has 1 fully saturated rings. The van der Waals surface area contributed by atoms with Crippen LogP contribution in [0.5, 0.6) is 0 Å². The van der Waals surface area contributed by atoms with Crippen molar-refractivity contribution in [2.24, 2.45) is 0 Å². The molecule has 1 N–H and O–H groups in total. The number of piperazine rings is 1. The van der Waals surface area contributed by atoms with Crippen LogP contribution in [0, 0.1) is 6.92 Å². The third-order valence-electron chi connectivity index (χ3n) is 4.37. The standard InChI is InChI=1S/C19H21Cl2N3S/c1-14-2-6-17(7-3-14)22-19(25)24-10-8-23(9-11-24)13-15-4-5-16(20)12-18(15)21/h2-7,12H,8-11,13H2,1H3,(H,22,25). The Bertz CT molecular complexity index is 741. The van der Waals surface area contributed by atoms with Gasteiger partial charge in [0.1, 0.15) is 0 Å². The van der Waals surface area contributed by atoms with Crippen LogP contribution in [0.2, 0.25) is 10.0 Å². The Labute approximate surface area is 164 Å². The molecule has 0 aromatic heterocycles. The smallest absolute Gasteiger partial charge is 0.173 e. The molecule has 0 atom stereocenters. The highest BCUT2D eigenvalue weighted by molar-refractivity contribution is 7.80. The molecular formula is C19H21Cl2N3S.